The molecule has 1 atom stereocenters. The van der Waals surface area contributed by atoms with E-state index in [-0.39, 0.29) is 6.61 Å². The van der Waals surface area contributed by atoms with Crippen LogP contribution < -0.4 is 4.89 Å². The lowest BCUT2D eigenvalue weighted by molar-refractivity contribution is -0.193. The van der Waals surface area contributed by atoms with Crippen molar-refractivity contribution in [3.63, 3.8) is 0 Å². The molecule has 1 unspecified atom stereocenters. The number of nitriles is 1. The van der Waals surface area contributed by atoms with Crippen LogP contribution >= 0.6 is 7.60 Å². The molecule has 0 fully saturated rings. The summed E-state index contributed by atoms with van der Waals surface area (Å²) < 4.78 is 14.1. The number of hydrogen-bond donors (Lipinski definition) is 0. The molecule has 0 aliphatic heterocycles. The summed E-state index contributed by atoms with van der Waals surface area (Å²) in [6, 6.07) is 0. The van der Waals surface area contributed by atoms with Gasteiger partial charge in [0.2, 0.25) is 7.60 Å². The van der Waals surface area contributed by atoms with Crippen molar-refractivity contribution in [2.45, 2.75) is 6.92 Å². The standard InChI is InChI=1S/C3H6NO3P/c1-2-7-8(5,6)3-4/h2H2,1H3,(H,5,6)/p-1. The molecule has 0 radical (unpaired) electrons. The minimum absolute atomic E-state index is 0.0222. The summed E-state index contributed by atoms with van der Waals surface area (Å²) in [4.78, 5) is 10.0. The first kappa shape index (κ1) is 7.64. The van der Waals surface area contributed by atoms with E-state index >= 15 is 0 Å². The van der Waals surface area contributed by atoms with Gasteiger partial charge in [-0.25, -0.2) is 0 Å². The highest BCUT2D eigenvalue weighted by atomic mass is 31.2. The zero-order valence-electron chi connectivity index (χ0n) is 4.33. The summed E-state index contributed by atoms with van der Waals surface area (Å²) in [6.45, 7) is 1.52. The Bertz CT molecular complexity index is 149. The van der Waals surface area contributed by atoms with Crippen LogP contribution in [0.15, 0.2) is 0 Å². The van der Waals surface area contributed by atoms with Gasteiger partial charge in [-0.15, -0.1) is 0 Å². The van der Waals surface area contributed by atoms with Crippen molar-refractivity contribution in [2.75, 3.05) is 6.61 Å². The SMILES string of the molecule is CCOP(=O)([O-])C#N. The molecule has 0 heterocycles. The molecule has 0 bridgehead atoms. The van der Waals surface area contributed by atoms with E-state index in [4.69, 9.17) is 5.26 Å². The van der Waals surface area contributed by atoms with Gasteiger partial charge in [0, 0.05) is 0 Å². The second-order valence-electron chi connectivity index (χ2n) is 1.02. The summed E-state index contributed by atoms with van der Waals surface area (Å²) in [7, 11) is -4.12. The molecule has 8 heavy (non-hydrogen) atoms. The van der Waals surface area contributed by atoms with Gasteiger partial charge in [0.1, 0.15) is 5.81 Å². The van der Waals surface area contributed by atoms with Gasteiger partial charge in [0.15, 0.2) is 0 Å². The maximum absolute atomic E-state index is 10.0. The third kappa shape index (κ3) is 2.75. The largest absolute Gasteiger partial charge is 0.767 e. The number of hydrogen-bond acceptors (Lipinski definition) is 4. The molecule has 0 spiro atoms. The highest BCUT2D eigenvalue weighted by molar-refractivity contribution is 7.56. The predicted octanol–water partition coefficient (Wildman–Crippen LogP) is 0.0574. The summed E-state index contributed by atoms with van der Waals surface area (Å²) in [5.41, 5.74) is 0. The lowest BCUT2D eigenvalue weighted by Crippen LogP contribution is -2.01. The first-order valence-corrected chi connectivity index (χ1v) is 3.53. The number of nitrogens with zero attached hydrogens (tertiary/aromatic N) is 1. The summed E-state index contributed by atoms with van der Waals surface area (Å²) in [5.74, 6) is 1.02. The van der Waals surface area contributed by atoms with Crippen LogP contribution in [0.3, 0.4) is 0 Å². The van der Waals surface area contributed by atoms with Gasteiger partial charge in [0.25, 0.3) is 0 Å². The maximum Gasteiger partial charge on any atom is 0.235 e. The molecule has 0 aromatic heterocycles. The van der Waals surface area contributed by atoms with Crippen LogP contribution in [0.4, 0.5) is 0 Å². The first-order valence-electron chi connectivity index (χ1n) is 1.99. The van der Waals surface area contributed by atoms with Crippen LogP contribution in [-0.4, -0.2) is 6.61 Å². The number of rotatable bonds is 2. The highest BCUT2D eigenvalue weighted by Crippen LogP contribution is 2.33. The molecule has 5 heteroatoms. The molecule has 46 valence electrons. The van der Waals surface area contributed by atoms with E-state index in [2.05, 4.69) is 4.52 Å². The van der Waals surface area contributed by atoms with Gasteiger partial charge in [0.05, 0.1) is 6.61 Å². The average Bonchev–Trinajstić information content (AvgIpc) is 1.67. The van der Waals surface area contributed by atoms with Crippen molar-refractivity contribution in [3.8, 4) is 5.81 Å². The molecule has 0 aromatic rings. The van der Waals surface area contributed by atoms with Crippen molar-refractivity contribution in [3.05, 3.63) is 0 Å². The van der Waals surface area contributed by atoms with Gasteiger partial charge >= 0.3 is 0 Å². The van der Waals surface area contributed by atoms with Crippen LogP contribution in [0.2, 0.25) is 0 Å². The van der Waals surface area contributed by atoms with Gasteiger partial charge in [-0.05, 0) is 6.92 Å². The fraction of sp³-hybridized carbons (Fsp3) is 0.667. The molecular formula is C3H5NO3P-. The molecule has 0 saturated heterocycles. The molecule has 0 aliphatic carbocycles. The fourth-order valence-corrected chi connectivity index (χ4v) is 0.596. The van der Waals surface area contributed by atoms with Crippen molar-refractivity contribution >= 4 is 7.60 Å². The Morgan fingerprint density at radius 2 is 2.50 bits per heavy atom. The van der Waals surface area contributed by atoms with E-state index in [1.54, 1.807) is 0 Å². The maximum atomic E-state index is 10.0. The molecule has 0 aliphatic rings. The molecular weight excluding hydrogens is 129 g/mol. The van der Waals surface area contributed by atoms with Crippen LogP contribution in [0.5, 0.6) is 0 Å². The van der Waals surface area contributed by atoms with Gasteiger partial charge in [-0.3, -0.25) is 4.57 Å². The summed E-state index contributed by atoms with van der Waals surface area (Å²) >= 11 is 0. The lowest BCUT2D eigenvalue weighted by Gasteiger charge is -2.11. The third-order valence-corrected chi connectivity index (χ3v) is 1.26. The van der Waals surface area contributed by atoms with Crippen LogP contribution in [0, 0.1) is 11.1 Å². The van der Waals surface area contributed by atoms with E-state index in [0.717, 1.165) is 5.81 Å². The second kappa shape index (κ2) is 2.83. The molecule has 0 N–H and O–H groups in total. The molecule has 0 rings (SSSR count). The minimum Gasteiger partial charge on any atom is -0.767 e. The Labute approximate surface area is 47.2 Å². The van der Waals surface area contributed by atoms with Crippen molar-refractivity contribution in [1.82, 2.24) is 0 Å². The van der Waals surface area contributed by atoms with E-state index in [1.165, 1.54) is 6.92 Å². The lowest BCUT2D eigenvalue weighted by atomic mass is 10.9. The van der Waals surface area contributed by atoms with Crippen molar-refractivity contribution in [2.24, 2.45) is 0 Å². The Morgan fingerprint density at radius 1 is 2.00 bits per heavy atom. The van der Waals surface area contributed by atoms with Crippen LogP contribution in [0.25, 0.3) is 0 Å². The van der Waals surface area contributed by atoms with E-state index < -0.39 is 7.60 Å². The topological polar surface area (TPSA) is 73.2 Å². The van der Waals surface area contributed by atoms with Gasteiger partial charge in [-0.1, -0.05) is 0 Å². The highest BCUT2D eigenvalue weighted by Gasteiger charge is 2.01. The van der Waals surface area contributed by atoms with Gasteiger partial charge in [-0.2, -0.15) is 5.26 Å². The Morgan fingerprint density at radius 3 is 2.62 bits per heavy atom. The van der Waals surface area contributed by atoms with E-state index in [9.17, 15) is 9.46 Å². The summed E-state index contributed by atoms with van der Waals surface area (Å²) in [6.07, 6.45) is 0. The van der Waals surface area contributed by atoms with Gasteiger partial charge < -0.3 is 9.42 Å². The Balaban J connectivity index is 3.79. The monoisotopic (exact) mass is 134 g/mol. The van der Waals surface area contributed by atoms with Crippen molar-refractivity contribution in [1.29, 1.82) is 5.26 Å². The smallest absolute Gasteiger partial charge is 0.235 e. The Hall–Kier alpha value is -0.360. The van der Waals surface area contributed by atoms with E-state index in [0.29, 0.717) is 0 Å². The molecule has 0 amide bonds. The van der Waals surface area contributed by atoms with Crippen LogP contribution in [-0.2, 0) is 9.09 Å². The molecule has 4 nitrogen and oxygen atoms in total. The third-order valence-electron chi connectivity index (χ3n) is 0.422. The average molecular weight is 134 g/mol. The fourth-order valence-electron chi connectivity index (χ4n) is 0.199. The zero-order chi connectivity index (χ0) is 6.62. The molecule has 0 aromatic carbocycles. The second-order valence-corrected chi connectivity index (χ2v) is 2.47. The summed E-state index contributed by atoms with van der Waals surface area (Å²) in [5, 5.41) is 7.77. The normalized spacial score (nSPS) is 16.6. The predicted molar refractivity (Wildman–Crippen MR) is 24.8 cm³/mol. The molecule has 0 saturated carbocycles. The first-order chi connectivity index (χ1) is 3.62. The Kier molecular flexibility index (Phi) is 2.70. The quantitative estimate of drug-likeness (QED) is 0.500. The van der Waals surface area contributed by atoms with E-state index in [1.807, 2.05) is 0 Å². The van der Waals surface area contributed by atoms with Crippen molar-refractivity contribution < 1.29 is 14.0 Å². The minimum atomic E-state index is -4.12. The zero-order valence-corrected chi connectivity index (χ0v) is 5.22. The van der Waals surface area contributed by atoms with Crippen LogP contribution in [0.1, 0.15) is 6.92 Å².